The van der Waals surface area contributed by atoms with Gasteiger partial charge in [0.05, 0.1) is 17.4 Å². The predicted molar refractivity (Wildman–Crippen MR) is 74.6 cm³/mol. The Hall–Kier alpha value is -1.11. The molecule has 0 spiro atoms. The maximum absolute atomic E-state index is 12.7. The van der Waals surface area contributed by atoms with E-state index in [-0.39, 0.29) is 23.1 Å². The van der Waals surface area contributed by atoms with E-state index in [0.717, 1.165) is 16.4 Å². The number of nitrogens with zero attached hydrogens (tertiary/aromatic N) is 2. The van der Waals surface area contributed by atoms with Crippen molar-refractivity contribution in [3.63, 3.8) is 0 Å². The molecule has 1 aromatic carbocycles. The smallest absolute Gasteiger partial charge is 0.212 e. The summed E-state index contributed by atoms with van der Waals surface area (Å²) in [5.74, 6) is -0.592. The summed E-state index contributed by atoms with van der Waals surface area (Å²) in [5, 5.41) is 8.58. The van der Waals surface area contributed by atoms with Crippen LogP contribution >= 0.6 is 15.9 Å². The van der Waals surface area contributed by atoms with E-state index in [1.807, 2.05) is 0 Å². The summed E-state index contributed by atoms with van der Waals surface area (Å²) in [6, 6.07) is 4.70. The fraction of sp³-hybridized carbons (Fsp3) is 0.417. The van der Waals surface area contributed by atoms with E-state index in [2.05, 4.69) is 15.9 Å². The molecule has 116 valence electrons. The van der Waals surface area contributed by atoms with Crippen molar-refractivity contribution in [2.75, 3.05) is 13.1 Å². The van der Waals surface area contributed by atoms with Crippen LogP contribution in [0.1, 0.15) is 18.1 Å². The Morgan fingerprint density at radius 2 is 1.95 bits per heavy atom. The lowest BCUT2D eigenvalue weighted by Crippen LogP contribution is -2.32. The Bertz CT molecular complexity index is 653. The minimum atomic E-state index is -4.56. The van der Waals surface area contributed by atoms with E-state index < -0.39 is 27.5 Å². The van der Waals surface area contributed by atoms with Gasteiger partial charge in [-0.15, -0.1) is 0 Å². The van der Waals surface area contributed by atoms with Crippen LogP contribution in [-0.4, -0.2) is 25.8 Å². The Morgan fingerprint density at radius 3 is 2.43 bits per heavy atom. The van der Waals surface area contributed by atoms with E-state index in [4.69, 9.17) is 5.26 Å². The maximum Gasteiger partial charge on any atom is 0.416 e. The lowest BCUT2D eigenvalue weighted by molar-refractivity contribution is -0.137. The molecule has 0 atom stereocenters. The van der Waals surface area contributed by atoms with Gasteiger partial charge in [0.25, 0.3) is 0 Å². The highest BCUT2D eigenvalue weighted by atomic mass is 79.9. The topological polar surface area (TPSA) is 61.2 Å². The van der Waals surface area contributed by atoms with Crippen LogP contribution in [0.4, 0.5) is 13.2 Å². The van der Waals surface area contributed by atoms with Crippen molar-refractivity contribution in [3.05, 3.63) is 33.8 Å². The van der Waals surface area contributed by atoms with Crippen LogP contribution in [-0.2, 0) is 22.0 Å². The predicted octanol–water partition coefficient (Wildman–Crippen LogP) is 3.14. The first-order chi connectivity index (χ1) is 9.60. The number of rotatable bonds is 5. The summed E-state index contributed by atoms with van der Waals surface area (Å²) in [6.07, 6.45) is -4.56. The summed E-state index contributed by atoms with van der Waals surface area (Å²) in [7, 11) is -3.84. The number of nitriles is 1. The molecule has 21 heavy (non-hydrogen) atoms. The van der Waals surface area contributed by atoms with Crippen molar-refractivity contribution in [3.8, 4) is 6.07 Å². The van der Waals surface area contributed by atoms with Crippen molar-refractivity contribution in [1.29, 1.82) is 5.26 Å². The summed E-state index contributed by atoms with van der Waals surface area (Å²) in [6.45, 7) is 1.30. The van der Waals surface area contributed by atoms with Gasteiger partial charge in [-0.2, -0.15) is 22.7 Å². The molecule has 0 radical (unpaired) electrons. The summed E-state index contributed by atoms with van der Waals surface area (Å²) >= 11 is 2.94. The minimum Gasteiger partial charge on any atom is -0.212 e. The first-order valence-corrected chi connectivity index (χ1v) is 8.22. The molecule has 0 aliphatic heterocycles. The monoisotopic (exact) mass is 384 g/mol. The Morgan fingerprint density at radius 1 is 1.33 bits per heavy atom. The van der Waals surface area contributed by atoms with Crippen LogP contribution in [0.5, 0.6) is 0 Å². The lowest BCUT2D eigenvalue weighted by atomic mass is 10.1. The molecule has 0 aliphatic carbocycles. The number of hydrogen-bond acceptors (Lipinski definition) is 3. The Balaban J connectivity index is 3.14. The van der Waals surface area contributed by atoms with Crippen molar-refractivity contribution >= 4 is 26.0 Å². The number of hydrogen-bond donors (Lipinski definition) is 0. The van der Waals surface area contributed by atoms with E-state index in [1.54, 1.807) is 13.0 Å². The maximum atomic E-state index is 12.7. The molecule has 0 N–H and O–H groups in total. The molecule has 0 saturated heterocycles. The fourth-order valence-electron chi connectivity index (χ4n) is 1.69. The van der Waals surface area contributed by atoms with Gasteiger partial charge in [-0.25, -0.2) is 8.42 Å². The highest BCUT2D eigenvalue weighted by Crippen LogP contribution is 2.32. The normalized spacial score (nSPS) is 12.4. The van der Waals surface area contributed by atoms with E-state index >= 15 is 0 Å². The average Bonchev–Trinajstić information content (AvgIpc) is 2.33. The third-order valence-corrected chi connectivity index (χ3v) is 4.96. The number of sulfonamides is 1. The fourth-order valence-corrected chi connectivity index (χ4v) is 3.64. The average molecular weight is 385 g/mol. The standard InChI is InChI=1S/C12H12BrF3N2O2S/c1-2-18(4-3-17)21(19,20)8-9-5-10(12(14,15)16)7-11(13)6-9/h5-7H,2,4,8H2,1H3. The molecule has 1 rings (SSSR count). The molecule has 0 heterocycles. The van der Waals surface area contributed by atoms with Gasteiger partial charge < -0.3 is 0 Å². The molecule has 0 aromatic heterocycles. The van der Waals surface area contributed by atoms with E-state index in [0.29, 0.717) is 0 Å². The Labute approximate surface area is 129 Å². The minimum absolute atomic E-state index is 0.00749. The molecule has 4 nitrogen and oxygen atoms in total. The van der Waals surface area contributed by atoms with Gasteiger partial charge in [-0.1, -0.05) is 22.9 Å². The van der Waals surface area contributed by atoms with Gasteiger partial charge in [0, 0.05) is 11.0 Å². The lowest BCUT2D eigenvalue weighted by Gasteiger charge is -2.17. The number of alkyl halides is 3. The van der Waals surface area contributed by atoms with Gasteiger partial charge in [-0.05, 0) is 23.8 Å². The molecule has 0 unspecified atom stereocenters. The highest BCUT2D eigenvalue weighted by Gasteiger charge is 2.31. The van der Waals surface area contributed by atoms with Gasteiger partial charge in [0.1, 0.15) is 6.54 Å². The van der Waals surface area contributed by atoms with Crippen LogP contribution in [0.15, 0.2) is 22.7 Å². The van der Waals surface area contributed by atoms with Crippen molar-refractivity contribution in [2.45, 2.75) is 18.9 Å². The van der Waals surface area contributed by atoms with Crippen molar-refractivity contribution in [1.82, 2.24) is 4.31 Å². The first-order valence-electron chi connectivity index (χ1n) is 5.81. The molecule has 0 amide bonds. The van der Waals surface area contributed by atoms with Crippen LogP contribution < -0.4 is 0 Å². The first kappa shape index (κ1) is 17.9. The molecule has 9 heteroatoms. The molecule has 0 fully saturated rings. The number of halogens is 4. The zero-order valence-corrected chi connectivity index (χ0v) is 13.4. The Kier molecular flexibility index (Phi) is 5.78. The zero-order chi connectivity index (χ0) is 16.3. The summed E-state index contributed by atoms with van der Waals surface area (Å²) in [4.78, 5) is 0. The zero-order valence-electron chi connectivity index (χ0n) is 11.0. The van der Waals surface area contributed by atoms with Gasteiger partial charge in [-0.3, -0.25) is 0 Å². The van der Waals surface area contributed by atoms with Crippen LogP contribution in [0.3, 0.4) is 0 Å². The second kappa shape index (κ2) is 6.77. The van der Waals surface area contributed by atoms with Crippen molar-refractivity contribution in [2.24, 2.45) is 0 Å². The second-order valence-corrected chi connectivity index (χ2v) is 7.07. The molecule has 0 bridgehead atoms. The summed E-state index contributed by atoms with van der Waals surface area (Å²) < 4.78 is 63.3. The quantitative estimate of drug-likeness (QED) is 0.732. The molecular formula is C12H12BrF3N2O2S. The molecular weight excluding hydrogens is 373 g/mol. The molecule has 0 saturated carbocycles. The van der Waals surface area contributed by atoms with Crippen LogP contribution in [0.2, 0.25) is 0 Å². The van der Waals surface area contributed by atoms with Gasteiger partial charge >= 0.3 is 6.18 Å². The second-order valence-electron chi connectivity index (χ2n) is 4.19. The number of benzene rings is 1. The SMILES string of the molecule is CCN(CC#N)S(=O)(=O)Cc1cc(Br)cc(C(F)(F)F)c1. The van der Waals surface area contributed by atoms with Crippen molar-refractivity contribution < 1.29 is 21.6 Å². The largest absolute Gasteiger partial charge is 0.416 e. The van der Waals surface area contributed by atoms with E-state index in [1.165, 1.54) is 6.07 Å². The third kappa shape index (κ3) is 4.98. The molecule has 0 aliphatic rings. The van der Waals surface area contributed by atoms with Crippen LogP contribution in [0.25, 0.3) is 0 Å². The van der Waals surface area contributed by atoms with Gasteiger partial charge in [0.15, 0.2) is 0 Å². The highest BCUT2D eigenvalue weighted by molar-refractivity contribution is 9.10. The summed E-state index contributed by atoms with van der Waals surface area (Å²) in [5.41, 5.74) is -0.918. The van der Waals surface area contributed by atoms with Crippen LogP contribution in [0, 0.1) is 11.3 Å². The third-order valence-electron chi connectivity index (χ3n) is 2.63. The van der Waals surface area contributed by atoms with Gasteiger partial charge in [0.2, 0.25) is 10.0 Å². The molecule has 1 aromatic rings. The van der Waals surface area contributed by atoms with E-state index in [9.17, 15) is 21.6 Å².